The molecule has 2 aromatic carbocycles. The lowest BCUT2D eigenvalue weighted by atomic mass is 9.98. The van der Waals surface area contributed by atoms with Crippen molar-refractivity contribution in [2.24, 2.45) is 0 Å². The number of piperidine rings is 1. The van der Waals surface area contributed by atoms with E-state index in [2.05, 4.69) is 54.7 Å². The van der Waals surface area contributed by atoms with Crippen LogP contribution in [0.1, 0.15) is 31.4 Å². The monoisotopic (exact) mass is 298 g/mol. The number of hydrogen-bond acceptors (Lipinski definition) is 2. The van der Waals surface area contributed by atoms with E-state index < -0.39 is 6.09 Å². The molecule has 0 saturated carbocycles. The molecule has 0 unspecified atom stereocenters. The number of amides is 1. The van der Waals surface area contributed by atoms with Crippen molar-refractivity contribution in [3.63, 3.8) is 0 Å². The molecular formula is C18H22N2O2. The standard InChI is InChI=1S/C18H22N2O2/c1-13(19-15-8-5-11-20(12-15)18(21)22)16-10-4-7-14-6-2-3-9-17(14)16/h2-4,6-7,9-10,13,15,19H,5,8,11-12H2,1H3,(H,21,22)/t13-,15+/m1/s1. The normalized spacial score (nSPS) is 20.0. The maximum atomic E-state index is 11.1. The summed E-state index contributed by atoms with van der Waals surface area (Å²) in [6.07, 6.45) is 1.13. The maximum absolute atomic E-state index is 11.1. The Kier molecular flexibility index (Phi) is 4.29. The van der Waals surface area contributed by atoms with Gasteiger partial charge in [0.2, 0.25) is 0 Å². The number of nitrogens with zero attached hydrogens (tertiary/aromatic N) is 1. The highest BCUT2D eigenvalue weighted by atomic mass is 16.4. The number of benzene rings is 2. The van der Waals surface area contributed by atoms with Gasteiger partial charge in [-0.2, -0.15) is 0 Å². The Morgan fingerprint density at radius 1 is 1.27 bits per heavy atom. The molecule has 22 heavy (non-hydrogen) atoms. The van der Waals surface area contributed by atoms with Crippen molar-refractivity contribution in [3.8, 4) is 0 Å². The topological polar surface area (TPSA) is 52.6 Å². The van der Waals surface area contributed by atoms with Crippen molar-refractivity contribution in [2.45, 2.75) is 31.8 Å². The van der Waals surface area contributed by atoms with E-state index >= 15 is 0 Å². The van der Waals surface area contributed by atoms with Crippen molar-refractivity contribution in [3.05, 3.63) is 48.0 Å². The van der Waals surface area contributed by atoms with Gasteiger partial charge in [-0.15, -0.1) is 0 Å². The summed E-state index contributed by atoms with van der Waals surface area (Å²) in [6.45, 7) is 3.38. The third-order valence-electron chi connectivity index (χ3n) is 4.47. The summed E-state index contributed by atoms with van der Waals surface area (Å²) < 4.78 is 0. The van der Waals surface area contributed by atoms with E-state index in [0.717, 1.165) is 12.8 Å². The minimum atomic E-state index is -0.815. The summed E-state index contributed by atoms with van der Waals surface area (Å²) >= 11 is 0. The summed E-state index contributed by atoms with van der Waals surface area (Å²) in [6, 6.07) is 15.2. The highest BCUT2D eigenvalue weighted by Gasteiger charge is 2.24. The molecule has 4 nitrogen and oxygen atoms in total. The average molecular weight is 298 g/mol. The Balaban J connectivity index is 1.76. The Hall–Kier alpha value is -2.07. The van der Waals surface area contributed by atoms with Crippen LogP contribution in [0.2, 0.25) is 0 Å². The second kappa shape index (κ2) is 6.36. The number of fused-ring (bicyclic) bond motifs is 1. The molecule has 2 N–H and O–H groups in total. The average Bonchev–Trinajstić information content (AvgIpc) is 2.54. The van der Waals surface area contributed by atoms with Gasteiger partial charge < -0.3 is 15.3 Å². The minimum absolute atomic E-state index is 0.199. The van der Waals surface area contributed by atoms with Crippen LogP contribution in [0, 0.1) is 0 Å². The number of rotatable bonds is 3. The van der Waals surface area contributed by atoms with Crippen LogP contribution >= 0.6 is 0 Å². The summed E-state index contributed by atoms with van der Waals surface area (Å²) in [7, 11) is 0. The fourth-order valence-corrected chi connectivity index (χ4v) is 3.36. The van der Waals surface area contributed by atoms with Crippen molar-refractivity contribution in [2.75, 3.05) is 13.1 Å². The molecule has 0 radical (unpaired) electrons. The van der Waals surface area contributed by atoms with E-state index in [0.29, 0.717) is 13.1 Å². The molecule has 4 heteroatoms. The lowest BCUT2D eigenvalue weighted by Crippen LogP contribution is -2.48. The quantitative estimate of drug-likeness (QED) is 0.909. The maximum Gasteiger partial charge on any atom is 0.407 e. The Bertz CT molecular complexity index is 666. The second-order valence-corrected chi connectivity index (χ2v) is 6.02. The van der Waals surface area contributed by atoms with E-state index in [9.17, 15) is 4.79 Å². The van der Waals surface area contributed by atoms with E-state index in [1.807, 2.05) is 0 Å². The molecule has 2 atom stereocenters. The van der Waals surface area contributed by atoms with Gasteiger partial charge in [0.15, 0.2) is 0 Å². The molecule has 1 aliphatic heterocycles. The van der Waals surface area contributed by atoms with Gasteiger partial charge in [0.25, 0.3) is 0 Å². The van der Waals surface area contributed by atoms with Crippen LogP contribution in [0.3, 0.4) is 0 Å². The van der Waals surface area contributed by atoms with E-state index in [1.165, 1.54) is 21.2 Å². The van der Waals surface area contributed by atoms with Gasteiger partial charge in [0.05, 0.1) is 0 Å². The van der Waals surface area contributed by atoms with Crippen LogP contribution < -0.4 is 5.32 Å². The minimum Gasteiger partial charge on any atom is -0.465 e. The lowest BCUT2D eigenvalue weighted by Gasteiger charge is -2.33. The first kappa shape index (κ1) is 14.9. The molecule has 116 valence electrons. The summed E-state index contributed by atoms with van der Waals surface area (Å²) in [5.41, 5.74) is 1.27. The molecule has 1 aliphatic rings. The van der Waals surface area contributed by atoms with Gasteiger partial charge in [0.1, 0.15) is 0 Å². The number of nitrogens with one attached hydrogen (secondary N) is 1. The molecule has 1 fully saturated rings. The molecule has 1 saturated heterocycles. The van der Waals surface area contributed by atoms with Crippen LogP contribution in [0.15, 0.2) is 42.5 Å². The predicted molar refractivity (Wildman–Crippen MR) is 88.1 cm³/mol. The molecular weight excluding hydrogens is 276 g/mol. The zero-order valence-electron chi connectivity index (χ0n) is 12.8. The zero-order chi connectivity index (χ0) is 15.5. The lowest BCUT2D eigenvalue weighted by molar-refractivity contribution is 0.124. The van der Waals surface area contributed by atoms with Crippen LogP contribution in [-0.2, 0) is 0 Å². The number of carbonyl (C=O) groups is 1. The first-order valence-electron chi connectivity index (χ1n) is 7.87. The summed E-state index contributed by atoms with van der Waals surface area (Å²) in [5, 5.41) is 15.3. The Labute approximate surface area is 130 Å². The molecule has 0 aromatic heterocycles. The Morgan fingerprint density at radius 3 is 2.86 bits per heavy atom. The van der Waals surface area contributed by atoms with E-state index in [1.54, 1.807) is 0 Å². The molecule has 2 aromatic rings. The van der Waals surface area contributed by atoms with Crippen molar-refractivity contribution < 1.29 is 9.90 Å². The van der Waals surface area contributed by atoms with Gasteiger partial charge in [0, 0.05) is 25.2 Å². The fraction of sp³-hybridized carbons (Fsp3) is 0.389. The van der Waals surface area contributed by atoms with Crippen LogP contribution in [0.25, 0.3) is 10.8 Å². The van der Waals surface area contributed by atoms with Crippen LogP contribution in [0.5, 0.6) is 0 Å². The third-order valence-corrected chi connectivity index (χ3v) is 4.47. The highest BCUT2D eigenvalue weighted by molar-refractivity contribution is 5.86. The number of hydrogen-bond donors (Lipinski definition) is 2. The van der Waals surface area contributed by atoms with Gasteiger partial charge in [-0.25, -0.2) is 4.79 Å². The molecule has 0 spiro atoms. The second-order valence-electron chi connectivity index (χ2n) is 6.02. The number of carboxylic acid groups (broad SMARTS) is 1. The fourth-order valence-electron chi connectivity index (χ4n) is 3.36. The third kappa shape index (κ3) is 3.07. The smallest absolute Gasteiger partial charge is 0.407 e. The first-order valence-corrected chi connectivity index (χ1v) is 7.87. The number of likely N-dealkylation sites (tertiary alicyclic amines) is 1. The molecule has 1 amide bonds. The molecule has 1 heterocycles. The Morgan fingerprint density at radius 2 is 2.05 bits per heavy atom. The van der Waals surface area contributed by atoms with Gasteiger partial charge in [-0.1, -0.05) is 42.5 Å². The highest BCUT2D eigenvalue weighted by Crippen LogP contribution is 2.25. The first-order chi connectivity index (χ1) is 10.6. The van der Waals surface area contributed by atoms with Gasteiger partial charge in [-0.05, 0) is 36.1 Å². The van der Waals surface area contributed by atoms with Gasteiger partial charge in [-0.3, -0.25) is 0 Å². The molecule has 0 aliphatic carbocycles. The summed E-state index contributed by atoms with van der Waals surface area (Å²) in [5.74, 6) is 0. The SMILES string of the molecule is C[C@@H](N[C@H]1CCCN(C(=O)O)C1)c1cccc2ccccc12. The van der Waals surface area contributed by atoms with Crippen molar-refractivity contribution in [1.29, 1.82) is 0 Å². The largest absolute Gasteiger partial charge is 0.465 e. The van der Waals surface area contributed by atoms with Gasteiger partial charge >= 0.3 is 6.09 Å². The van der Waals surface area contributed by atoms with E-state index in [-0.39, 0.29) is 12.1 Å². The zero-order valence-corrected chi connectivity index (χ0v) is 12.8. The van der Waals surface area contributed by atoms with E-state index in [4.69, 9.17) is 5.11 Å². The van der Waals surface area contributed by atoms with Crippen LogP contribution in [-0.4, -0.2) is 35.2 Å². The van der Waals surface area contributed by atoms with Crippen molar-refractivity contribution in [1.82, 2.24) is 10.2 Å². The summed E-state index contributed by atoms with van der Waals surface area (Å²) in [4.78, 5) is 12.6. The molecule has 3 rings (SSSR count). The molecule has 0 bridgehead atoms. The van der Waals surface area contributed by atoms with Crippen molar-refractivity contribution >= 4 is 16.9 Å². The predicted octanol–water partition coefficient (Wildman–Crippen LogP) is 3.63. The van der Waals surface area contributed by atoms with Crippen LogP contribution in [0.4, 0.5) is 4.79 Å².